The smallest absolute Gasteiger partial charge is 0.410 e. The molecule has 0 spiro atoms. The standard InChI is InChI=1S/C39H47FN6O8S/c1-38(16-17-38)55(52,53)44-36(50)39-20-26(39)12-6-4-3-5-7-15-31(42-27-13-8-10-24(18-27)33(47)41-2)35(49)46-22-28(19-32(46)34(48)43-39)54-37(51)45-21-25-11-9-14-30(40)29(25)23-45/h6,8-14,18,26,28,31-32,42H,3-5,7,15-17,19-23H2,1-2H3,(H,41,47)(H,43,48)(H,44,50)/b12-6-/t26-,28-,31+,32+,39-/m1/s1. The van der Waals surface area contributed by atoms with Gasteiger partial charge in [0.1, 0.15) is 29.5 Å². The minimum atomic E-state index is -4.01. The molecule has 3 heterocycles. The van der Waals surface area contributed by atoms with Crippen LogP contribution in [-0.2, 0) is 42.2 Å². The third-order valence-corrected chi connectivity index (χ3v) is 13.8. The van der Waals surface area contributed by atoms with E-state index in [0.29, 0.717) is 54.5 Å². The van der Waals surface area contributed by atoms with Crippen molar-refractivity contribution in [2.75, 3.05) is 18.9 Å². The van der Waals surface area contributed by atoms with Gasteiger partial charge in [-0.15, -0.1) is 0 Å². The number of nitrogens with zero attached hydrogens (tertiary/aromatic N) is 2. The van der Waals surface area contributed by atoms with Gasteiger partial charge in [0.15, 0.2) is 0 Å². The number of hydrogen-bond acceptors (Lipinski definition) is 9. The SMILES string of the molecule is CNC(=O)c1cccc(N[C@H]2CCCCC/C=C\[C@@H]3C[C@@]3(C(=O)NS(=O)(=O)C3(C)CC3)NC(=O)[C@@H]3C[C@@H](OC(=O)N4Cc5cccc(F)c5C4)CN3C2=O)c1. The lowest BCUT2D eigenvalue weighted by Gasteiger charge is -2.30. The summed E-state index contributed by atoms with van der Waals surface area (Å²) < 4.78 is 47.8. The molecule has 5 atom stereocenters. The lowest BCUT2D eigenvalue weighted by molar-refractivity contribution is -0.140. The van der Waals surface area contributed by atoms with Crippen LogP contribution in [0.5, 0.6) is 0 Å². The number of sulfonamides is 1. The predicted octanol–water partition coefficient (Wildman–Crippen LogP) is 3.48. The van der Waals surface area contributed by atoms with Crippen molar-refractivity contribution in [3.8, 4) is 0 Å². The van der Waals surface area contributed by atoms with Gasteiger partial charge in [-0.1, -0.05) is 43.2 Å². The second-order valence-corrected chi connectivity index (χ2v) is 17.8. The summed E-state index contributed by atoms with van der Waals surface area (Å²) >= 11 is 0. The molecule has 2 saturated carbocycles. The first-order valence-corrected chi connectivity index (χ1v) is 20.4. The number of carbonyl (C=O) groups excluding carboxylic acids is 5. The first-order chi connectivity index (χ1) is 26.2. The highest BCUT2D eigenvalue weighted by atomic mass is 32.2. The molecule has 2 aromatic carbocycles. The molecule has 5 aliphatic rings. The third kappa shape index (κ3) is 7.78. The Morgan fingerprint density at radius 2 is 1.82 bits per heavy atom. The Balaban J connectivity index is 1.16. The number of hydrogen-bond donors (Lipinski definition) is 4. The summed E-state index contributed by atoms with van der Waals surface area (Å²) in [4.78, 5) is 71.4. The van der Waals surface area contributed by atoms with Crippen LogP contribution in [0, 0.1) is 11.7 Å². The molecule has 16 heteroatoms. The Labute approximate surface area is 319 Å². The Morgan fingerprint density at radius 3 is 2.56 bits per heavy atom. The second kappa shape index (κ2) is 14.9. The molecule has 7 rings (SSSR count). The van der Waals surface area contributed by atoms with Crippen LogP contribution in [-0.4, -0.2) is 90.0 Å². The number of halogens is 1. The fourth-order valence-electron chi connectivity index (χ4n) is 7.77. The molecule has 0 unspecified atom stereocenters. The maximum absolute atomic E-state index is 14.6. The summed E-state index contributed by atoms with van der Waals surface area (Å²) in [5.41, 5.74) is 0.412. The van der Waals surface area contributed by atoms with E-state index in [4.69, 9.17) is 4.74 Å². The second-order valence-electron chi connectivity index (χ2n) is 15.6. The summed E-state index contributed by atoms with van der Waals surface area (Å²) in [7, 11) is -2.49. The van der Waals surface area contributed by atoms with Gasteiger partial charge >= 0.3 is 6.09 Å². The van der Waals surface area contributed by atoms with Gasteiger partial charge in [-0.25, -0.2) is 17.6 Å². The number of nitrogens with one attached hydrogen (secondary N) is 4. The van der Waals surface area contributed by atoms with E-state index in [2.05, 4.69) is 20.7 Å². The average molecular weight is 779 g/mol. The minimum Gasteiger partial charge on any atom is -0.444 e. The molecular formula is C39H47FN6O8S. The van der Waals surface area contributed by atoms with Gasteiger partial charge in [0.25, 0.3) is 11.8 Å². The van der Waals surface area contributed by atoms with E-state index in [9.17, 15) is 36.8 Å². The Hall–Kier alpha value is -4.99. The van der Waals surface area contributed by atoms with Crippen LogP contribution in [0.15, 0.2) is 54.6 Å². The lowest BCUT2D eigenvalue weighted by Crippen LogP contribution is -2.58. The van der Waals surface area contributed by atoms with E-state index in [0.717, 1.165) is 12.8 Å². The fraction of sp³-hybridized carbons (Fsp3) is 0.513. The van der Waals surface area contributed by atoms with Crippen LogP contribution < -0.4 is 20.7 Å². The molecule has 2 aliphatic carbocycles. The van der Waals surface area contributed by atoms with Crippen LogP contribution in [0.3, 0.4) is 0 Å². The van der Waals surface area contributed by atoms with E-state index >= 15 is 0 Å². The van der Waals surface area contributed by atoms with Crippen molar-refractivity contribution < 1.29 is 41.5 Å². The molecule has 5 amide bonds. The number of carbonyl (C=O) groups is 5. The highest BCUT2D eigenvalue weighted by Gasteiger charge is 2.63. The van der Waals surface area contributed by atoms with Crippen molar-refractivity contribution in [1.82, 2.24) is 25.2 Å². The van der Waals surface area contributed by atoms with Gasteiger partial charge in [0.2, 0.25) is 21.8 Å². The van der Waals surface area contributed by atoms with E-state index in [-0.39, 0.29) is 38.4 Å². The Bertz CT molecular complexity index is 2040. The maximum atomic E-state index is 14.6. The molecular weight excluding hydrogens is 732 g/mol. The van der Waals surface area contributed by atoms with Gasteiger partial charge in [-0.2, -0.15) is 0 Å². The number of amides is 5. The van der Waals surface area contributed by atoms with Crippen LogP contribution in [0.4, 0.5) is 14.9 Å². The van der Waals surface area contributed by atoms with Crippen molar-refractivity contribution in [1.29, 1.82) is 0 Å². The normalized spacial score (nSPS) is 27.9. The van der Waals surface area contributed by atoms with Gasteiger partial charge in [0.05, 0.1) is 17.8 Å². The summed E-state index contributed by atoms with van der Waals surface area (Å²) in [6.45, 7) is 1.58. The highest BCUT2D eigenvalue weighted by molar-refractivity contribution is 7.91. The molecule has 294 valence electrons. The summed E-state index contributed by atoms with van der Waals surface area (Å²) in [6.07, 6.45) is 6.36. The summed E-state index contributed by atoms with van der Waals surface area (Å²) in [5, 5.41) is 8.71. The topological polar surface area (TPSA) is 183 Å². The number of ether oxygens (including phenoxy) is 1. The van der Waals surface area contributed by atoms with Gasteiger partial charge in [-0.05, 0) is 75.3 Å². The zero-order chi connectivity index (χ0) is 39.1. The molecule has 0 bridgehead atoms. The number of fused-ring (bicyclic) bond motifs is 3. The number of rotatable bonds is 7. The maximum Gasteiger partial charge on any atom is 0.410 e. The van der Waals surface area contributed by atoms with Crippen LogP contribution >= 0.6 is 0 Å². The van der Waals surface area contributed by atoms with E-state index in [1.165, 1.54) is 22.9 Å². The zero-order valence-corrected chi connectivity index (χ0v) is 31.8. The highest BCUT2D eigenvalue weighted by Crippen LogP contribution is 2.47. The Morgan fingerprint density at radius 1 is 1.04 bits per heavy atom. The molecule has 2 aromatic rings. The molecule has 0 aromatic heterocycles. The predicted molar refractivity (Wildman–Crippen MR) is 199 cm³/mol. The number of benzene rings is 2. The van der Waals surface area contributed by atoms with Crippen molar-refractivity contribution in [2.24, 2.45) is 5.92 Å². The molecule has 0 radical (unpaired) electrons. The first-order valence-electron chi connectivity index (χ1n) is 18.9. The molecule has 4 N–H and O–H groups in total. The monoisotopic (exact) mass is 778 g/mol. The van der Waals surface area contributed by atoms with Gasteiger partial charge < -0.3 is 25.6 Å². The number of anilines is 1. The van der Waals surface area contributed by atoms with Crippen molar-refractivity contribution >= 4 is 45.4 Å². The molecule has 14 nitrogen and oxygen atoms in total. The van der Waals surface area contributed by atoms with E-state index in [1.54, 1.807) is 43.3 Å². The van der Waals surface area contributed by atoms with Gasteiger partial charge in [0, 0.05) is 42.7 Å². The van der Waals surface area contributed by atoms with Crippen molar-refractivity contribution in [2.45, 2.75) is 106 Å². The Kier molecular flexibility index (Phi) is 10.4. The molecule has 1 saturated heterocycles. The molecule has 3 aliphatic heterocycles. The van der Waals surface area contributed by atoms with Crippen LogP contribution in [0.25, 0.3) is 0 Å². The average Bonchev–Trinajstić information content (AvgIpc) is 3.95. The van der Waals surface area contributed by atoms with E-state index < -0.39 is 74.0 Å². The quantitative estimate of drug-likeness (QED) is 0.306. The van der Waals surface area contributed by atoms with Crippen molar-refractivity contribution in [3.05, 3.63) is 77.1 Å². The third-order valence-electron chi connectivity index (χ3n) is 11.6. The molecule has 55 heavy (non-hydrogen) atoms. The van der Waals surface area contributed by atoms with Gasteiger partial charge in [-0.3, -0.25) is 28.8 Å². The number of allylic oxidation sites excluding steroid dienone is 1. The van der Waals surface area contributed by atoms with Crippen molar-refractivity contribution in [3.63, 3.8) is 0 Å². The first kappa shape index (κ1) is 38.3. The summed E-state index contributed by atoms with van der Waals surface area (Å²) in [6, 6.07) is 9.33. The summed E-state index contributed by atoms with van der Waals surface area (Å²) in [5.74, 6) is -3.15. The fourth-order valence-corrected chi connectivity index (χ4v) is 9.08. The minimum absolute atomic E-state index is 0.00965. The molecule has 3 fully saturated rings. The largest absolute Gasteiger partial charge is 0.444 e. The van der Waals surface area contributed by atoms with Crippen LogP contribution in [0.1, 0.15) is 86.2 Å². The van der Waals surface area contributed by atoms with E-state index in [1.807, 2.05) is 12.2 Å². The lowest BCUT2D eigenvalue weighted by atomic mass is 10.0. The zero-order valence-electron chi connectivity index (χ0n) is 30.9. The van der Waals surface area contributed by atoms with Crippen LogP contribution in [0.2, 0.25) is 0 Å².